The number of fused-ring (bicyclic) bond motifs is 1. The second kappa shape index (κ2) is 6.25. The maximum Gasteiger partial charge on any atom is 0.261 e. The van der Waals surface area contributed by atoms with Gasteiger partial charge in [0.2, 0.25) is 0 Å². The first-order valence-corrected chi connectivity index (χ1v) is 8.78. The van der Waals surface area contributed by atoms with Crippen molar-refractivity contribution in [3.8, 4) is 0 Å². The number of thiazole rings is 1. The highest BCUT2D eigenvalue weighted by molar-refractivity contribution is 7.29. The zero-order chi connectivity index (χ0) is 16.6. The summed E-state index contributed by atoms with van der Waals surface area (Å²) in [6.45, 7) is 2.54. The highest BCUT2D eigenvalue weighted by Gasteiger charge is 2.17. The Kier molecular flexibility index (Phi) is 4.31. The summed E-state index contributed by atoms with van der Waals surface area (Å²) in [5.74, 6) is 0.890. The van der Waals surface area contributed by atoms with Gasteiger partial charge in [0.05, 0.1) is 9.58 Å². The summed E-state index contributed by atoms with van der Waals surface area (Å²) < 4.78 is 2.91. The number of hydrogen-bond acceptors (Lipinski definition) is 7. The standard InChI is InChI=1S/C14H18N6OS2/c1-8(11-18-16-7-20(11)4)6-15-12(21)9-5-10-13(22-9)17-14(23-10)19(2)3/h5,7-8H,6H2,1-4H3,(H,15,21). The van der Waals surface area contributed by atoms with Gasteiger partial charge in [-0.3, -0.25) is 4.79 Å². The van der Waals surface area contributed by atoms with Gasteiger partial charge < -0.3 is 14.8 Å². The Morgan fingerprint density at radius 2 is 2.22 bits per heavy atom. The Labute approximate surface area is 142 Å². The number of anilines is 1. The van der Waals surface area contributed by atoms with E-state index in [-0.39, 0.29) is 11.8 Å². The first-order chi connectivity index (χ1) is 11.0. The fraction of sp³-hybridized carbons (Fsp3) is 0.429. The number of carbonyl (C=O) groups excluding carboxylic acids is 1. The van der Waals surface area contributed by atoms with Crippen LogP contribution >= 0.6 is 22.7 Å². The summed E-state index contributed by atoms with van der Waals surface area (Å²) in [5, 5.41) is 11.8. The van der Waals surface area contributed by atoms with Gasteiger partial charge in [-0.05, 0) is 6.07 Å². The minimum atomic E-state index is -0.0689. The van der Waals surface area contributed by atoms with Crippen molar-refractivity contribution in [3.05, 3.63) is 23.1 Å². The van der Waals surface area contributed by atoms with Crippen molar-refractivity contribution in [2.45, 2.75) is 12.8 Å². The molecule has 1 unspecified atom stereocenters. The molecular weight excluding hydrogens is 332 g/mol. The number of rotatable bonds is 5. The molecule has 122 valence electrons. The lowest BCUT2D eigenvalue weighted by molar-refractivity contribution is 0.0955. The molecule has 0 aliphatic carbocycles. The van der Waals surface area contributed by atoms with Gasteiger partial charge in [0.15, 0.2) is 5.13 Å². The summed E-state index contributed by atoms with van der Waals surface area (Å²) in [4.78, 5) is 20.4. The zero-order valence-corrected chi connectivity index (χ0v) is 15.0. The molecule has 9 heteroatoms. The zero-order valence-electron chi connectivity index (χ0n) is 13.4. The average Bonchev–Trinajstić information content (AvgIpc) is 3.17. The molecule has 3 aromatic heterocycles. The van der Waals surface area contributed by atoms with Gasteiger partial charge in [-0.25, -0.2) is 4.98 Å². The van der Waals surface area contributed by atoms with E-state index >= 15 is 0 Å². The number of nitrogens with one attached hydrogen (secondary N) is 1. The van der Waals surface area contributed by atoms with Gasteiger partial charge in [-0.15, -0.1) is 21.5 Å². The van der Waals surface area contributed by atoms with Crippen LogP contribution in [0.1, 0.15) is 28.3 Å². The number of amides is 1. The predicted octanol–water partition coefficient (Wildman–Crippen LogP) is 2.09. The molecule has 3 heterocycles. The highest BCUT2D eigenvalue weighted by atomic mass is 32.1. The molecule has 3 rings (SSSR count). The summed E-state index contributed by atoms with van der Waals surface area (Å²) in [5.41, 5.74) is 0. The van der Waals surface area contributed by atoms with Crippen LogP contribution in [-0.4, -0.2) is 46.3 Å². The molecule has 3 aromatic rings. The van der Waals surface area contributed by atoms with Crippen LogP contribution in [0.4, 0.5) is 5.13 Å². The number of aromatic nitrogens is 4. The topological polar surface area (TPSA) is 75.9 Å². The molecule has 7 nitrogen and oxygen atoms in total. The van der Waals surface area contributed by atoms with Crippen molar-refractivity contribution in [2.24, 2.45) is 7.05 Å². The SMILES string of the molecule is CC(CNC(=O)c1cc2sc(N(C)C)nc2s1)c1nncn1C. The molecular formula is C14H18N6OS2. The Morgan fingerprint density at radius 1 is 1.43 bits per heavy atom. The molecule has 0 saturated heterocycles. The van der Waals surface area contributed by atoms with E-state index in [1.807, 2.05) is 43.6 Å². The lowest BCUT2D eigenvalue weighted by Crippen LogP contribution is -2.27. The Balaban J connectivity index is 1.66. The lowest BCUT2D eigenvalue weighted by Gasteiger charge is -2.11. The fourth-order valence-electron chi connectivity index (χ4n) is 2.19. The monoisotopic (exact) mass is 350 g/mol. The van der Waals surface area contributed by atoms with Crippen molar-refractivity contribution >= 4 is 43.2 Å². The Hall–Kier alpha value is -2.00. The van der Waals surface area contributed by atoms with E-state index in [9.17, 15) is 4.79 Å². The quantitative estimate of drug-likeness (QED) is 0.762. The number of carbonyl (C=O) groups is 1. The third kappa shape index (κ3) is 3.20. The summed E-state index contributed by atoms with van der Waals surface area (Å²) in [7, 11) is 5.82. The molecule has 0 saturated carbocycles. The van der Waals surface area contributed by atoms with E-state index in [2.05, 4.69) is 20.5 Å². The van der Waals surface area contributed by atoms with E-state index < -0.39 is 0 Å². The first-order valence-electron chi connectivity index (χ1n) is 7.15. The van der Waals surface area contributed by atoms with Crippen LogP contribution < -0.4 is 10.2 Å². The van der Waals surface area contributed by atoms with Gasteiger partial charge in [-0.2, -0.15) is 0 Å². The maximum absolute atomic E-state index is 12.3. The Bertz CT molecular complexity index is 802. The van der Waals surface area contributed by atoms with E-state index in [1.165, 1.54) is 11.3 Å². The molecule has 0 aromatic carbocycles. The molecule has 0 fully saturated rings. The molecule has 0 aliphatic heterocycles. The smallest absolute Gasteiger partial charge is 0.261 e. The van der Waals surface area contributed by atoms with E-state index in [4.69, 9.17) is 0 Å². The average molecular weight is 350 g/mol. The number of hydrogen-bond donors (Lipinski definition) is 1. The number of thiophene rings is 1. The number of aryl methyl sites for hydroxylation is 1. The molecule has 0 spiro atoms. The van der Waals surface area contributed by atoms with Gasteiger partial charge in [0, 0.05) is 33.6 Å². The fourth-order valence-corrected chi connectivity index (χ4v) is 4.24. The predicted molar refractivity (Wildman–Crippen MR) is 93.6 cm³/mol. The van der Waals surface area contributed by atoms with E-state index in [0.29, 0.717) is 11.4 Å². The third-order valence-corrected chi connectivity index (χ3v) is 5.77. The highest BCUT2D eigenvalue weighted by Crippen LogP contribution is 2.33. The minimum absolute atomic E-state index is 0.0689. The van der Waals surface area contributed by atoms with Crippen LogP contribution in [0.3, 0.4) is 0 Å². The summed E-state index contributed by atoms with van der Waals surface area (Å²) >= 11 is 3.01. The molecule has 1 atom stereocenters. The lowest BCUT2D eigenvalue weighted by atomic mass is 10.1. The van der Waals surface area contributed by atoms with Gasteiger partial charge in [0.1, 0.15) is 17.0 Å². The van der Waals surface area contributed by atoms with Crippen LogP contribution in [0.2, 0.25) is 0 Å². The maximum atomic E-state index is 12.3. The normalized spacial score (nSPS) is 12.5. The van der Waals surface area contributed by atoms with Crippen LogP contribution in [-0.2, 0) is 7.05 Å². The summed E-state index contributed by atoms with van der Waals surface area (Å²) in [6, 6.07) is 1.91. The second-order valence-corrected chi connectivity index (χ2v) is 7.62. The molecule has 0 radical (unpaired) electrons. The minimum Gasteiger partial charge on any atom is -0.354 e. The molecule has 1 N–H and O–H groups in total. The van der Waals surface area contributed by atoms with Crippen molar-refractivity contribution < 1.29 is 4.79 Å². The van der Waals surface area contributed by atoms with Crippen molar-refractivity contribution in [2.75, 3.05) is 25.5 Å². The van der Waals surface area contributed by atoms with Crippen molar-refractivity contribution in [1.29, 1.82) is 0 Å². The molecule has 1 amide bonds. The van der Waals surface area contributed by atoms with E-state index in [0.717, 1.165) is 20.5 Å². The van der Waals surface area contributed by atoms with Crippen LogP contribution in [0.15, 0.2) is 12.4 Å². The van der Waals surface area contributed by atoms with Crippen molar-refractivity contribution in [1.82, 2.24) is 25.1 Å². The van der Waals surface area contributed by atoms with Gasteiger partial charge in [-0.1, -0.05) is 18.3 Å². The molecule has 0 aliphatic rings. The Morgan fingerprint density at radius 3 is 2.83 bits per heavy atom. The van der Waals surface area contributed by atoms with Crippen molar-refractivity contribution in [3.63, 3.8) is 0 Å². The third-order valence-electron chi connectivity index (χ3n) is 3.44. The van der Waals surface area contributed by atoms with Crippen LogP contribution in [0.25, 0.3) is 9.53 Å². The van der Waals surface area contributed by atoms with E-state index in [1.54, 1.807) is 17.7 Å². The second-order valence-electron chi connectivity index (χ2n) is 5.58. The summed E-state index contributed by atoms with van der Waals surface area (Å²) in [6.07, 6.45) is 1.66. The largest absolute Gasteiger partial charge is 0.354 e. The number of nitrogens with zero attached hydrogens (tertiary/aromatic N) is 5. The van der Waals surface area contributed by atoms with Crippen LogP contribution in [0, 0.1) is 0 Å². The van der Waals surface area contributed by atoms with Crippen LogP contribution in [0.5, 0.6) is 0 Å². The first kappa shape index (κ1) is 15.9. The van der Waals surface area contributed by atoms with Gasteiger partial charge in [0.25, 0.3) is 5.91 Å². The van der Waals surface area contributed by atoms with Gasteiger partial charge >= 0.3 is 0 Å². The molecule has 0 bridgehead atoms. The molecule has 23 heavy (non-hydrogen) atoms.